The van der Waals surface area contributed by atoms with Crippen LogP contribution in [0.3, 0.4) is 0 Å². The van der Waals surface area contributed by atoms with E-state index in [2.05, 4.69) is 10.6 Å². The van der Waals surface area contributed by atoms with E-state index in [0.29, 0.717) is 30.2 Å². The molecule has 2 N–H and O–H groups in total. The van der Waals surface area contributed by atoms with Crippen LogP contribution in [0.5, 0.6) is 0 Å². The zero-order valence-electron chi connectivity index (χ0n) is 12.4. The van der Waals surface area contributed by atoms with Gasteiger partial charge in [-0.3, -0.25) is 9.69 Å². The molecule has 1 aliphatic rings. The largest absolute Gasteiger partial charge is 0.348 e. The molecular weight excluding hydrogens is 314 g/mol. The van der Waals surface area contributed by atoms with Crippen molar-refractivity contribution >= 4 is 29.2 Å². The Bertz CT molecular complexity index is 731. The molecule has 1 fully saturated rings. The highest BCUT2D eigenvalue weighted by Gasteiger charge is 2.21. The molecule has 0 bridgehead atoms. The van der Waals surface area contributed by atoms with Crippen LogP contribution < -0.4 is 15.5 Å². The molecule has 2 aromatic carbocycles. The highest BCUT2D eigenvalue weighted by molar-refractivity contribution is 6.31. The van der Waals surface area contributed by atoms with Crippen molar-refractivity contribution in [2.45, 2.75) is 6.54 Å². The zero-order chi connectivity index (χ0) is 16.2. The SMILES string of the molecule is O=C(NCc1ccccc1Cl)c1ccc(N2CCNC2=O)cc1. The first-order valence-electron chi connectivity index (χ1n) is 7.32. The summed E-state index contributed by atoms with van der Waals surface area (Å²) in [6, 6.07) is 14.2. The molecule has 3 rings (SSSR count). The van der Waals surface area contributed by atoms with Crippen LogP contribution in [0.2, 0.25) is 5.02 Å². The first kappa shape index (κ1) is 15.4. The van der Waals surface area contributed by atoms with Crippen molar-refractivity contribution in [2.75, 3.05) is 18.0 Å². The lowest BCUT2D eigenvalue weighted by Gasteiger charge is -2.14. The highest BCUT2D eigenvalue weighted by Crippen LogP contribution is 2.18. The van der Waals surface area contributed by atoms with Gasteiger partial charge in [0.2, 0.25) is 0 Å². The molecule has 1 heterocycles. The lowest BCUT2D eigenvalue weighted by Crippen LogP contribution is -2.28. The van der Waals surface area contributed by atoms with Gasteiger partial charge in [0.25, 0.3) is 5.91 Å². The van der Waals surface area contributed by atoms with E-state index in [9.17, 15) is 9.59 Å². The van der Waals surface area contributed by atoms with Crippen molar-refractivity contribution in [3.8, 4) is 0 Å². The first-order valence-corrected chi connectivity index (χ1v) is 7.70. The number of anilines is 1. The van der Waals surface area contributed by atoms with Gasteiger partial charge in [0.05, 0.1) is 0 Å². The van der Waals surface area contributed by atoms with Crippen LogP contribution in [-0.4, -0.2) is 25.0 Å². The Morgan fingerprint density at radius 2 is 1.91 bits per heavy atom. The van der Waals surface area contributed by atoms with Gasteiger partial charge in [0.15, 0.2) is 0 Å². The molecule has 0 aliphatic carbocycles. The Hall–Kier alpha value is -2.53. The third kappa shape index (κ3) is 3.46. The van der Waals surface area contributed by atoms with Gasteiger partial charge in [0, 0.05) is 35.9 Å². The van der Waals surface area contributed by atoms with Crippen molar-refractivity contribution in [3.05, 3.63) is 64.7 Å². The second-order valence-electron chi connectivity index (χ2n) is 5.20. The lowest BCUT2D eigenvalue weighted by molar-refractivity contribution is 0.0951. The summed E-state index contributed by atoms with van der Waals surface area (Å²) in [4.78, 5) is 25.4. The normalized spacial score (nSPS) is 13.8. The van der Waals surface area contributed by atoms with Crippen molar-refractivity contribution < 1.29 is 9.59 Å². The summed E-state index contributed by atoms with van der Waals surface area (Å²) in [6.45, 7) is 1.64. The Morgan fingerprint density at radius 3 is 2.57 bits per heavy atom. The molecular formula is C17H16ClN3O2. The summed E-state index contributed by atoms with van der Waals surface area (Å²) in [5.74, 6) is -0.178. The predicted molar refractivity (Wildman–Crippen MR) is 89.8 cm³/mol. The number of benzene rings is 2. The van der Waals surface area contributed by atoms with E-state index >= 15 is 0 Å². The Labute approximate surface area is 139 Å². The summed E-state index contributed by atoms with van der Waals surface area (Å²) < 4.78 is 0. The summed E-state index contributed by atoms with van der Waals surface area (Å²) in [5.41, 5.74) is 2.19. The molecule has 0 saturated carbocycles. The number of hydrogen-bond acceptors (Lipinski definition) is 2. The molecule has 3 amide bonds. The third-order valence-electron chi connectivity index (χ3n) is 3.70. The first-order chi connectivity index (χ1) is 11.1. The minimum atomic E-state index is -0.178. The molecule has 6 heteroatoms. The minimum absolute atomic E-state index is 0.110. The fraction of sp³-hybridized carbons (Fsp3) is 0.176. The molecule has 0 aromatic heterocycles. The van der Waals surface area contributed by atoms with Gasteiger partial charge < -0.3 is 10.6 Å². The smallest absolute Gasteiger partial charge is 0.321 e. The molecule has 118 valence electrons. The number of halogens is 1. The Balaban J connectivity index is 1.64. The van der Waals surface area contributed by atoms with Crippen LogP contribution in [0.15, 0.2) is 48.5 Å². The van der Waals surface area contributed by atoms with Gasteiger partial charge in [-0.1, -0.05) is 29.8 Å². The summed E-state index contributed by atoms with van der Waals surface area (Å²) in [7, 11) is 0. The van der Waals surface area contributed by atoms with E-state index in [0.717, 1.165) is 11.3 Å². The van der Waals surface area contributed by atoms with Crippen LogP contribution in [0.1, 0.15) is 15.9 Å². The van der Waals surface area contributed by atoms with Crippen molar-refractivity contribution in [3.63, 3.8) is 0 Å². The maximum absolute atomic E-state index is 12.2. The molecule has 0 unspecified atom stereocenters. The second-order valence-corrected chi connectivity index (χ2v) is 5.61. The van der Waals surface area contributed by atoms with Crippen molar-refractivity contribution in [2.24, 2.45) is 0 Å². The monoisotopic (exact) mass is 329 g/mol. The van der Waals surface area contributed by atoms with E-state index in [1.807, 2.05) is 18.2 Å². The number of amides is 3. The third-order valence-corrected chi connectivity index (χ3v) is 4.06. The number of nitrogens with zero attached hydrogens (tertiary/aromatic N) is 1. The molecule has 23 heavy (non-hydrogen) atoms. The second kappa shape index (κ2) is 6.71. The van der Waals surface area contributed by atoms with Crippen LogP contribution in [0.25, 0.3) is 0 Å². The van der Waals surface area contributed by atoms with E-state index in [4.69, 9.17) is 11.6 Å². The van der Waals surface area contributed by atoms with E-state index in [1.54, 1.807) is 35.2 Å². The highest BCUT2D eigenvalue weighted by atomic mass is 35.5. The number of carbonyl (C=O) groups excluding carboxylic acids is 2. The molecule has 2 aromatic rings. The van der Waals surface area contributed by atoms with Crippen LogP contribution >= 0.6 is 11.6 Å². The maximum Gasteiger partial charge on any atom is 0.321 e. The van der Waals surface area contributed by atoms with Crippen molar-refractivity contribution in [1.29, 1.82) is 0 Å². The average Bonchev–Trinajstić information content (AvgIpc) is 3.00. The number of nitrogens with one attached hydrogen (secondary N) is 2. The number of carbonyl (C=O) groups is 2. The average molecular weight is 330 g/mol. The number of hydrogen-bond donors (Lipinski definition) is 2. The van der Waals surface area contributed by atoms with E-state index in [1.165, 1.54) is 0 Å². The maximum atomic E-state index is 12.2. The quantitative estimate of drug-likeness (QED) is 0.906. The Morgan fingerprint density at radius 1 is 1.17 bits per heavy atom. The molecule has 0 spiro atoms. The van der Waals surface area contributed by atoms with Gasteiger partial charge in [-0.05, 0) is 35.9 Å². The van der Waals surface area contributed by atoms with Crippen LogP contribution in [0.4, 0.5) is 10.5 Å². The number of rotatable bonds is 4. The topological polar surface area (TPSA) is 61.4 Å². The van der Waals surface area contributed by atoms with E-state index in [-0.39, 0.29) is 11.9 Å². The molecule has 5 nitrogen and oxygen atoms in total. The predicted octanol–water partition coefficient (Wildman–Crippen LogP) is 2.80. The zero-order valence-corrected chi connectivity index (χ0v) is 13.1. The fourth-order valence-corrected chi connectivity index (χ4v) is 2.63. The summed E-state index contributed by atoms with van der Waals surface area (Å²) >= 11 is 6.07. The molecule has 0 atom stereocenters. The van der Waals surface area contributed by atoms with Crippen molar-refractivity contribution in [1.82, 2.24) is 10.6 Å². The fourth-order valence-electron chi connectivity index (χ4n) is 2.43. The van der Waals surface area contributed by atoms with Crippen LogP contribution in [-0.2, 0) is 6.54 Å². The van der Waals surface area contributed by atoms with Gasteiger partial charge in [0.1, 0.15) is 0 Å². The molecule has 1 aliphatic heterocycles. The van der Waals surface area contributed by atoms with Gasteiger partial charge >= 0.3 is 6.03 Å². The van der Waals surface area contributed by atoms with Crippen LogP contribution in [0, 0.1) is 0 Å². The minimum Gasteiger partial charge on any atom is -0.348 e. The molecule has 1 saturated heterocycles. The molecule has 0 radical (unpaired) electrons. The van der Waals surface area contributed by atoms with Gasteiger partial charge in [-0.25, -0.2) is 4.79 Å². The van der Waals surface area contributed by atoms with Gasteiger partial charge in [-0.2, -0.15) is 0 Å². The summed E-state index contributed by atoms with van der Waals surface area (Å²) in [5, 5.41) is 6.21. The number of urea groups is 1. The Kier molecular flexibility index (Phi) is 4.48. The standard InChI is InChI=1S/C17H16ClN3O2/c18-15-4-2-1-3-13(15)11-20-16(22)12-5-7-14(8-6-12)21-10-9-19-17(21)23/h1-8H,9-11H2,(H,19,23)(H,20,22). The van der Waals surface area contributed by atoms with E-state index < -0.39 is 0 Å². The lowest BCUT2D eigenvalue weighted by atomic mass is 10.1. The summed E-state index contributed by atoms with van der Waals surface area (Å²) in [6.07, 6.45) is 0. The van der Waals surface area contributed by atoms with Gasteiger partial charge in [-0.15, -0.1) is 0 Å².